The summed E-state index contributed by atoms with van der Waals surface area (Å²) in [6.07, 6.45) is 0. The van der Waals surface area contributed by atoms with Gasteiger partial charge in [-0.3, -0.25) is 4.79 Å². The molecule has 0 aliphatic heterocycles. The second kappa shape index (κ2) is 6.26. The molecule has 2 rings (SSSR count). The maximum atomic E-state index is 13.2. The first kappa shape index (κ1) is 16.1. The lowest BCUT2D eigenvalue weighted by Crippen LogP contribution is -2.27. The van der Waals surface area contributed by atoms with E-state index in [0.717, 1.165) is 34.9 Å². The number of rotatable bonds is 3. The molecule has 0 saturated heterocycles. The lowest BCUT2D eigenvalue weighted by atomic mass is 9.96. The number of halogens is 2. The lowest BCUT2D eigenvalue weighted by Gasteiger charge is -2.18. The Kier molecular flexibility index (Phi) is 4.59. The number of carbonyl (C=O) groups is 1. The molecule has 2 aromatic rings. The third-order valence-corrected chi connectivity index (χ3v) is 3.82. The Morgan fingerprint density at radius 3 is 2.05 bits per heavy atom. The zero-order chi connectivity index (χ0) is 16.4. The molecule has 1 N–H and O–H groups in total. The van der Waals surface area contributed by atoms with Crippen molar-refractivity contribution in [3.63, 3.8) is 0 Å². The van der Waals surface area contributed by atoms with E-state index >= 15 is 0 Å². The van der Waals surface area contributed by atoms with E-state index in [9.17, 15) is 13.6 Å². The Hall–Kier alpha value is -2.23. The fourth-order valence-electron chi connectivity index (χ4n) is 2.49. The van der Waals surface area contributed by atoms with Crippen LogP contribution < -0.4 is 5.32 Å². The number of hydrogen-bond acceptors (Lipinski definition) is 1. The lowest BCUT2D eigenvalue weighted by molar-refractivity contribution is 0.0939. The average Bonchev–Trinajstić information content (AvgIpc) is 2.41. The molecule has 22 heavy (non-hydrogen) atoms. The molecule has 4 heteroatoms. The van der Waals surface area contributed by atoms with E-state index in [-0.39, 0.29) is 11.6 Å². The largest absolute Gasteiger partial charge is 0.346 e. The topological polar surface area (TPSA) is 29.1 Å². The minimum Gasteiger partial charge on any atom is -0.346 e. The number of hydrogen-bond donors (Lipinski definition) is 1. The molecule has 0 aliphatic carbocycles. The molecule has 0 spiro atoms. The Morgan fingerprint density at radius 1 is 0.909 bits per heavy atom. The number of benzene rings is 2. The van der Waals surface area contributed by atoms with Crippen molar-refractivity contribution in [1.82, 2.24) is 5.32 Å². The number of nitrogens with one attached hydrogen (secondary N) is 1. The predicted molar refractivity (Wildman–Crippen MR) is 82.9 cm³/mol. The fourth-order valence-corrected chi connectivity index (χ4v) is 2.49. The van der Waals surface area contributed by atoms with Crippen LogP contribution >= 0.6 is 0 Å². The zero-order valence-electron chi connectivity index (χ0n) is 13.1. The summed E-state index contributed by atoms with van der Waals surface area (Å²) >= 11 is 0. The smallest absolute Gasteiger partial charge is 0.251 e. The molecule has 1 atom stereocenters. The zero-order valence-corrected chi connectivity index (χ0v) is 13.1. The Morgan fingerprint density at radius 2 is 1.45 bits per heavy atom. The van der Waals surface area contributed by atoms with E-state index < -0.39 is 17.5 Å². The summed E-state index contributed by atoms with van der Waals surface area (Å²) in [6.45, 7) is 7.87. The minimum absolute atomic E-state index is 0.0224. The fraction of sp³-hybridized carbons (Fsp3) is 0.278. The SMILES string of the molecule is Cc1cc(C)c([C@H](C)NC(=O)c2cc(F)cc(F)c2)cc1C. The Balaban J connectivity index is 2.23. The van der Waals surface area contributed by atoms with Gasteiger partial charge in [-0.1, -0.05) is 12.1 Å². The summed E-state index contributed by atoms with van der Waals surface area (Å²) in [5.74, 6) is -2.02. The van der Waals surface area contributed by atoms with Crippen molar-refractivity contribution in [1.29, 1.82) is 0 Å². The number of carbonyl (C=O) groups excluding carboxylic acids is 1. The van der Waals surface area contributed by atoms with Crippen molar-refractivity contribution in [2.75, 3.05) is 0 Å². The Bertz CT molecular complexity index is 705. The number of amides is 1. The van der Waals surface area contributed by atoms with Crippen LogP contribution in [0.25, 0.3) is 0 Å². The third-order valence-electron chi connectivity index (χ3n) is 3.82. The monoisotopic (exact) mass is 303 g/mol. The molecule has 0 saturated carbocycles. The van der Waals surface area contributed by atoms with Gasteiger partial charge in [0.15, 0.2) is 0 Å². The molecule has 0 aromatic heterocycles. The molecule has 0 heterocycles. The average molecular weight is 303 g/mol. The molecular weight excluding hydrogens is 284 g/mol. The highest BCUT2D eigenvalue weighted by atomic mass is 19.1. The first-order chi connectivity index (χ1) is 10.3. The molecule has 1 amide bonds. The normalized spacial score (nSPS) is 12.1. The van der Waals surface area contributed by atoms with Gasteiger partial charge in [-0.25, -0.2) is 8.78 Å². The van der Waals surface area contributed by atoms with Gasteiger partial charge in [-0.05, 0) is 62.1 Å². The molecule has 0 radical (unpaired) electrons. The first-order valence-corrected chi connectivity index (χ1v) is 7.12. The van der Waals surface area contributed by atoms with Crippen LogP contribution in [0.5, 0.6) is 0 Å². The van der Waals surface area contributed by atoms with Crippen molar-refractivity contribution in [2.45, 2.75) is 33.7 Å². The van der Waals surface area contributed by atoms with Crippen LogP contribution in [0.1, 0.15) is 45.6 Å². The van der Waals surface area contributed by atoms with Crippen LogP contribution in [-0.4, -0.2) is 5.91 Å². The molecule has 2 aromatic carbocycles. The van der Waals surface area contributed by atoms with E-state index in [4.69, 9.17) is 0 Å². The van der Waals surface area contributed by atoms with Gasteiger partial charge in [0.25, 0.3) is 5.91 Å². The highest BCUT2D eigenvalue weighted by Crippen LogP contribution is 2.22. The Labute approximate surface area is 129 Å². The van der Waals surface area contributed by atoms with Gasteiger partial charge in [-0.2, -0.15) is 0 Å². The second-order valence-electron chi connectivity index (χ2n) is 5.65. The summed E-state index contributed by atoms with van der Waals surface area (Å²) < 4.78 is 26.4. The van der Waals surface area contributed by atoms with Gasteiger partial charge in [0.05, 0.1) is 6.04 Å². The van der Waals surface area contributed by atoms with Crippen LogP contribution in [0.15, 0.2) is 30.3 Å². The van der Waals surface area contributed by atoms with Crippen LogP contribution in [-0.2, 0) is 0 Å². The first-order valence-electron chi connectivity index (χ1n) is 7.12. The maximum Gasteiger partial charge on any atom is 0.251 e. The summed E-state index contributed by atoms with van der Waals surface area (Å²) in [5.41, 5.74) is 4.37. The minimum atomic E-state index is -0.764. The van der Waals surface area contributed by atoms with E-state index in [2.05, 4.69) is 11.4 Å². The van der Waals surface area contributed by atoms with Crippen LogP contribution in [0, 0.1) is 32.4 Å². The summed E-state index contributed by atoms with van der Waals surface area (Å²) in [4.78, 5) is 12.2. The van der Waals surface area contributed by atoms with E-state index in [0.29, 0.717) is 0 Å². The van der Waals surface area contributed by atoms with Gasteiger partial charge < -0.3 is 5.32 Å². The van der Waals surface area contributed by atoms with Crippen molar-refractivity contribution < 1.29 is 13.6 Å². The van der Waals surface area contributed by atoms with Crippen LogP contribution in [0.4, 0.5) is 8.78 Å². The van der Waals surface area contributed by atoms with Gasteiger partial charge in [0.2, 0.25) is 0 Å². The van der Waals surface area contributed by atoms with Gasteiger partial charge in [0.1, 0.15) is 11.6 Å². The van der Waals surface area contributed by atoms with E-state index in [1.807, 2.05) is 33.8 Å². The van der Waals surface area contributed by atoms with Crippen molar-refractivity contribution in [3.05, 3.63) is 69.8 Å². The molecule has 2 nitrogen and oxygen atoms in total. The molecule has 0 unspecified atom stereocenters. The van der Waals surface area contributed by atoms with Crippen molar-refractivity contribution >= 4 is 5.91 Å². The van der Waals surface area contributed by atoms with Crippen molar-refractivity contribution in [3.8, 4) is 0 Å². The molecular formula is C18H19F2NO. The predicted octanol–water partition coefficient (Wildman–Crippen LogP) is 4.38. The van der Waals surface area contributed by atoms with E-state index in [1.54, 1.807) is 0 Å². The quantitative estimate of drug-likeness (QED) is 0.895. The summed E-state index contributed by atoms with van der Waals surface area (Å²) in [5, 5.41) is 2.78. The van der Waals surface area contributed by atoms with Gasteiger partial charge in [0, 0.05) is 11.6 Å². The van der Waals surface area contributed by atoms with E-state index in [1.165, 1.54) is 5.56 Å². The van der Waals surface area contributed by atoms with Crippen LogP contribution in [0.3, 0.4) is 0 Å². The highest BCUT2D eigenvalue weighted by Gasteiger charge is 2.15. The second-order valence-corrected chi connectivity index (χ2v) is 5.65. The molecule has 0 fully saturated rings. The van der Waals surface area contributed by atoms with Gasteiger partial charge in [-0.15, -0.1) is 0 Å². The maximum absolute atomic E-state index is 13.2. The van der Waals surface area contributed by atoms with Gasteiger partial charge >= 0.3 is 0 Å². The third kappa shape index (κ3) is 3.50. The summed E-state index contributed by atoms with van der Waals surface area (Å²) in [7, 11) is 0. The van der Waals surface area contributed by atoms with Crippen LogP contribution in [0.2, 0.25) is 0 Å². The summed E-state index contributed by atoms with van der Waals surface area (Å²) in [6, 6.07) is 6.64. The molecule has 116 valence electrons. The van der Waals surface area contributed by atoms with Crippen molar-refractivity contribution in [2.24, 2.45) is 0 Å². The number of aryl methyl sites for hydroxylation is 3. The highest BCUT2D eigenvalue weighted by molar-refractivity contribution is 5.94. The molecule has 0 bridgehead atoms. The standard InChI is InChI=1S/C18H19F2NO/c1-10-5-12(3)17(6-11(10)2)13(4)21-18(22)14-7-15(19)9-16(20)8-14/h5-9,13H,1-4H3,(H,21,22)/t13-/m0/s1. The molecule has 0 aliphatic rings.